The van der Waals surface area contributed by atoms with Crippen LogP contribution in [0, 0.1) is 6.92 Å². The predicted octanol–water partition coefficient (Wildman–Crippen LogP) is 1.29. The van der Waals surface area contributed by atoms with E-state index in [2.05, 4.69) is 15.0 Å². The molecule has 0 aliphatic heterocycles. The van der Waals surface area contributed by atoms with Crippen LogP contribution in [0.5, 0.6) is 0 Å². The molecule has 29 heavy (non-hydrogen) atoms. The second-order valence-corrected chi connectivity index (χ2v) is 7.17. The van der Waals surface area contributed by atoms with E-state index in [4.69, 9.17) is 0 Å². The number of nitrogens with one attached hydrogen (secondary N) is 1. The number of aromatic amines is 1. The van der Waals surface area contributed by atoms with Crippen LogP contribution in [0.2, 0.25) is 0 Å². The molecule has 0 aliphatic rings. The normalized spacial score (nSPS) is 11.6. The summed E-state index contributed by atoms with van der Waals surface area (Å²) in [5, 5.41) is 0.531. The lowest BCUT2D eigenvalue weighted by molar-refractivity contribution is 0.612. The Bertz CT molecular complexity index is 1410. The van der Waals surface area contributed by atoms with E-state index in [0.717, 1.165) is 18.4 Å². The van der Waals surface area contributed by atoms with Crippen LogP contribution < -0.4 is 16.8 Å². The van der Waals surface area contributed by atoms with Gasteiger partial charge in [0, 0.05) is 13.6 Å². The molecule has 0 saturated heterocycles. The lowest BCUT2D eigenvalue weighted by Gasteiger charge is -2.07. The van der Waals surface area contributed by atoms with Gasteiger partial charge in [0.2, 0.25) is 0 Å². The fourth-order valence-electron chi connectivity index (χ4n) is 3.56. The van der Waals surface area contributed by atoms with Gasteiger partial charge in [-0.15, -0.1) is 0 Å². The molecule has 0 aliphatic carbocycles. The summed E-state index contributed by atoms with van der Waals surface area (Å²) in [5.41, 5.74) is 1.11. The van der Waals surface area contributed by atoms with Gasteiger partial charge >= 0.3 is 5.69 Å². The first kappa shape index (κ1) is 18.9. The molecule has 3 heterocycles. The van der Waals surface area contributed by atoms with Gasteiger partial charge < -0.3 is 4.57 Å². The topological polar surface area (TPSA) is 108 Å². The van der Waals surface area contributed by atoms with Crippen molar-refractivity contribution in [3.8, 4) is 0 Å². The van der Waals surface area contributed by atoms with E-state index in [0.29, 0.717) is 34.4 Å². The molecule has 0 saturated carbocycles. The summed E-state index contributed by atoms with van der Waals surface area (Å²) in [6.07, 6.45) is 3.19. The lowest BCUT2D eigenvalue weighted by Crippen LogP contribution is -2.31. The molecule has 3 aromatic heterocycles. The van der Waals surface area contributed by atoms with Crippen molar-refractivity contribution < 1.29 is 0 Å². The van der Waals surface area contributed by atoms with Crippen LogP contribution in [-0.4, -0.2) is 28.7 Å². The Kier molecular flexibility index (Phi) is 4.65. The second-order valence-electron chi connectivity index (χ2n) is 7.17. The molecule has 0 spiro atoms. The van der Waals surface area contributed by atoms with Crippen molar-refractivity contribution >= 4 is 22.1 Å². The van der Waals surface area contributed by atoms with E-state index in [1.54, 1.807) is 17.7 Å². The predicted molar refractivity (Wildman–Crippen MR) is 110 cm³/mol. The summed E-state index contributed by atoms with van der Waals surface area (Å²) in [6, 6.07) is 5.48. The average molecular weight is 394 g/mol. The zero-order chi connectivity index (χ0) is 20.7. The van der Waals surface area contributed by atoms with Crippen molar-refractivity contribution in [1.82, 2.24) is 28.7 Å². The van der Waals surface area contributed by atoms with E-state index < -0.39 is 11.2 Å². The molecule has 0 unspecified atom stereocenters. The van der Waals surface area contributed by atoms with Gasteiger partial charge in [-0.3, -0.25) is 23.7 Å². The molecule has 4 rings (SSSR count). The van der Waals surface area contributed by atoms with Gasteiger partial charge in [-0.1, -0.05) is 25.5 Å². The minimum Gasteiger partial charge on any atom is -0.324 e. The first-order valence-corrected chi connectivity index (χ1v) is 9.55. The van der Waals surface area contributed by atoms with Gasteiger partial charge in [-0.25, -0.2) is 14.8 Å². The van der Waals surface area contributed by atoms with Gasteiger partial charge in [0.05, 0.1) is 23.8 Å². The standard InChI is InChI=1S/C20H22N6O3/c1-4-5-9-26-17-16(18(27)23-20(26)29)24(3)14(22-17)10-25-11-21-15-12(2)7-6-8-13(15)19(25)28/h6-8,11H,4-5,9-10H2,1-3H3,(H,23,27,29). The fraction of sp³-hybridized carbons (Fsp3) is 0.350. The molecule has 150 valence electrons. The van der Waals surface area contributed by atoms with Crippen LogP contribution >= 0.6 is 0 Å². The summed E-state index contributed by atoms with van der Waals surface area (Å²) in [7, 11) is 1.71. The highest BCUT2D eigenvalue weighted by Gasteiger charge is 2.17. The molecule has 9 nitrogen and oxygen atoms in total. The van der Waals surface area contributed by atoms with Crippen molar-refractivity contribution in [3.63, 3.8) is 0 Å². The molecule has 9 heteroatoms. The maximum atomic E-state index is 12.9. The van der Waals surface area contributed by atoms with E-state index >= 15 is 0 Å². The number of hydrogen-bond donors (Lipinski definition) is 1. The average Bonchev–Trinajstić information content (AvgIpc) is 3.01. The first-order valence-electron chi connectivity index (χ1n) is 9.55. The Morgan fingerprint density at radius 1 is 1.17 bits per heavy atom. The number of aromatic nitrogens is 6. The van der Waals surface area contributed by atoms with Crippen molar-refractivity contribution in [2.24, 2.45) is 7.05 Å². The number of rotatable bonds is 5. The van der Waals surface area contributed by atoms with Gasteiger partial charge in [-0.05, 0) is 25.0 Å². The number of H-pyrrole nitrogens is 1. The van der Waals surface area contributed by atoms with Gasteiger partial charge in [0.25, 0.3) is 11.1 Å². The van der Waals surface area contributed by atoms with Crippen LogP contribution in [0.15, 0.2) is 38.9 Å². The minimum atomic E-state index is -0.487. The monoisotopic (exact) mass is 394 g/mol. The highest BCUT2D eigenvalue weighted by atomic mass is 16.2. The Balaban J connectivity index is 1.87. The third-order valence-electron chi connectivity index (χ3n) is 5.21. The van der Waals surface area contributed by atoms with E-state index in [1.165, 1.54) is 15.5 Å². The van der Waals surface area contributed by atoms with Crippen molar-refractivity contribution in [2.45, 2.75) is 39.8 Å². The molecule has 0 fully saturated rings. The molecule has 4 aromatic rings. The fourth-order valence-corrected chi connectivity index (χ4v) is 3.56. The highest BCUT2D eigenvalue weighted by Crippen LogP contribution is 2.13. The third kappa shape index (κ3) is 3.08. The smallest absolute Gasteiger partial charge is 0.324 e. The van der Waals surface area contributed by atoms with Crippen LogP contribution in [0.1, 0.15) is 31.2 Å². The number of fused-ring (bicyclic) bond motifs is 2. The molecule has 0 amide bonds. The van der Waals surface area contributed by atoms with Gasteiger partial charge in [0.1, 0.15) is 5.82 Å². The maximum Gasteiger partial charge on any atom is 0.330 e. The van der Waals surface area contributed by atoms with Crippen molar-refractivity contribution in [1.29, 1.82) is 0 Å². The number of hydrogen-bond acceptors (Lipinski definition) is 5. The van der Waals surface area contributed by atoms with Crippen molar-refractivity contribution in [2.75, 3.05) is 0 Å². The van der Waals surface area contributed by atoms with Crippen LogP contribution in [0.3, 0.4) is 0 Å². The third-order valence-corrected chi connectivity index (χ3v) is 5.21. The molecule has 0 atom stereocenters. The zero-order valence-electron chi connectivity index (χ0n) is 16.6. The Hall–Kier alpha value is -3.49. The Morgan fingerprint density at radius 3 is 2.72 bits per heavy atom. The van der Waals surface area contributed by atoms with Crippen LogP contribution in [0.25, 0.3) is 22.1 Å². The van der Waals surface area contributed by atoms with Gasteiger partial charge in [-0.2, -0.15) is 0 Å². The Labute approximate surface area is 165 Å². The number of unbranched alkanes of at least 4 members (excludes halogenated alkanes) is 1. The molecule has 0 radical (unpaired) electrons. The number of benzene rings is 1. The van der Waals surface area contributed by atoms with Crippen LogP contribution in [-0.2, 0) is 20.1 Å². The highest BCUT2D eigenvalue weighted by molar-refractivity contribution is 5.80. The Morgan fingerprint density at radius 2 is 1.97 bits per heavy atom. The number of nitrogens with zero attached hydrogens (tertiary/aromatic N) is 5. The minimum absolute atomic E-state index is 0.141. The molecule has 0 bridgehead atoms. The van der Waals surface area contributed by atoms with E-state index in [1.807, 2.05) is 26.0 Å². The largest absolute Gasteiger partial charge is 0.330 e. The zero-order valence-corrected chi connectivity index (χ0v) is 16.6. The number of aryl methyl sites for hydroxylation is 3. The molecular weight excluding hydrogens is 372 g/mol. The van der Waals surface area contributed by atoms with Gasteiger partial charge in [0.15, 0.2) is 11.2 Å². The van der Waals surface area contributed by atoms with E-state index in [9.17, 15) is 14.4 Å². The number of para-hydroxylation sites is 1. The van der Waals surface area contributed by atoms with Crippen LogP contribution in [0.4, 0.5) is 0 Å². The molecular formula is C20H22N6O3. The molecule has 1 N–H and O–H groups in total. The summed E-state index contributed by atoms with van der Waals surface area (Å²) >= 11 is 0. The lowest BCUT2D eigenvalue weighted by atomic mass is 10.1. The second kappa shape index (κ2) is 7.16. The SMILES string of the molecule is CCCCn1c(=O)[nH]c(=O)c2c1nc(Cn1cnc3c(C)cccc3c1=O)n2C. The summed E-state index contributed by atoms with van der Waals surface area (Å²) in [4.78, 5) is 48.9. The van der Waals surface area contributed by atoms with E-state index in [-0.39, 0.29) is 12.1 Å². The maximum absolute atomic E-state index is 12.9. The summed E-state index contributed by atoms with van der Waals surface area (Å²) in [6.45, 7) is 4.54. The summed E-state index contributed by atoms with van der Waals surface area (Å²) in [5.74, 6) is 0.497. The quantitative estimate of drug-likeness (QED) is 0.549. The van der Waals surface area contributed by atoms with Crippen molar-refractivity contribution in [3.05, 3.63) is 67.1 Å². The number of imidazole rings is 1. The first-order chi connectivity index (χ1) is 13.9. The summed E-state index contributed by atoms with van der Waals surface area (Å²) < 4.78 is 4.57. The molecule has 1 aromatic carbocycles.